The van der Waals surface area contributed by atoms with Crippen LogP contribution in [0.5, 0.6) is 5.75 Å². The molecule has 5 nitrogen and oxygen atoms in total. The highest BCUT2D eigenvalue weighted by atomic mass is 16.5. The summed E-state index contributed by atoms with van der Waals surface area (Å²) in [5, 5.41) is 0. The molecule has 0 bridgehead atoms. The Balaban J connectivity index is 1.86. The first-order valence-corrected chi connectivity index (χ1v) is 8.34. The van der Waals surface area contributed by atoms with Crippen LogP contribution >= 0.6 is 0 Å². The molecule has 1 fully saturated rings. The molecule has 1 aliphatic rings. The van der Waals surface area contributed by atoms with Crippen LogP contribution in [0, 0.1) is 0 Å². The van der Waals surface area contributed by atoms with Crippen molar-refractivity contribution in [3.63, 3.8) is 0 Å². The average molecular weight is 326 g/mol. The summed E-state index contributed by atoms with van der Waals surface area (Å²) in [7, 11) is 0. The Hall–Kier alpha value is -2.40. The lowest BCUT2D eigenvalue weighted by atomic mass is 10.1. The van der Waals surface area contributed by atoms with Gasteiger partial charge in [-0.25, -0.2) is 0 Å². The van der Waals surface area contributed by atoms with E-state index < -0.39 is 0 Å². The van der Waals surface area contributed by atoms with Crippen molar-refractivity contribution >= 4 is 11.6 Å². The summed E-state index contributed by atoms with van der Waals surface area (Å²) >= 11 is 0. The Bertz CT molecular complexity index is 669. The molecule has 1 aromatic heterocycles. The molecule has 0 unspecified atom stereocenters. The molecule has 2 heterocycles. The van der Waals surface area contributed by atoms with E-state index in [0.717, 1.165) is 25.1 Å². The van der Waals surface area contributed by atoms with Crippen molar-refractivity contribution in [3.8, 4) is 5.75 Å². The highest BCUT2D eigenvalue weighted by molar-refractivity contribution is 6.06. The zero-order valence-corrected chi connectivity index (χ0v) is 13.9. The van der Waals surface area contributed by atoms with Crippen LogP contribution in [0.1, 0.15) is 30.1 Å². The molecule has 1 atom stereocenters. The van der Waals surface area contributed by atoms with E-state index in [9.17, 15) is 4.79 Å². The molecule has 1 saturated heterocycles. The van der Waals surface area contributed by atoms with Gasteiger partial charge in [0.25, 0.3) is 5.91 Å². The monoisotopic (exact) mass is 326 g/mol. The van der Waals surface area contributed by atoms with Crippen LogP contribution in [0.2, 0.25) is 0 Å². The van der Waals surface area contributed by atoms with Gasteiger partial charge >= 0.3 is 0 Å². The predicted octanol–water partition coefficient (Wildman–Crippen LogP) is 3.31. The number of pyridine rings is 1. The van der Waals surface area contributed by atoms with Crippen molar-refractivity contribution in [3.05, 3.63) is 54.4 Å². The zero-order chi connectivity index (χ0) is 16.8. The van der Waals surface area contributed by atoms with Gasteiger partial charge in [0.1, 0.15) is 5.75 Å². The maximum Gasteiger partial charge on any atom is 0.258 e. The Morgan fingerprint density at radius 2 is 2.17 bits per heavy atom. The van der Waals surface area contributed by atoms with Gasteiger partial charge < -0.3 is 14.4 Å². The number of amides is 1. The molecule has 5 heteroatoms. The standard InChI is InChI=1S/C19H22N2O3/c1-2-23-17-6-3-5-15(13-17)19(22)21(14-18-7-4-12-24-18)16-8-10-20-11-9-16/h3,5-6,8-11,13,18H,2,4,7,12,14H2,1H3/t18-/m1/s1. The normalized spacial score (nSPS) is 16.8. The van der Waals surface area contributed by atoms with Gasteiger partial charge in [-0.2, -0.15) is 0 Å². The van der Waals surface area contributed by atoms with E-state index in [-0.39, 0.29) is 12.0 Å². The second-order valence-corrected chi connectivity index (χ2v) is 5.72. The molecule has 0 N–H and O–H groups in total. The Morgan fingerprint density at radius 3 is 2.88 bits per heavy atom. The summed E-state index contributed by atoms with van der Waals surface area (Å²) < 4.78 is 11.2. The zero-order valence-electron chi connectivity index (χ0n) is 13.9. The third-order valence-corrected chi connectivity index (χ3v) is 4.02. The van der Waals surface area contributed by atoms with E-state index in [1.54, 1.807) is 23.4 Å². The number of benzene rings is 1. The third-order valence-electron chi connectivity index (χ3n) is 4.02. The van der Waals surface area contributed by atoms with Crippen molar-refractivity contribution in [1.29, 1.82) is 0 Å². The molecule has 1 aliphatic heterocycles. The molecule has 0 spiro atoms. The summed E-state index contributed by atoms with van der Waals surface area (Å²) in [5.41, 5.74) is 1.43. The summed E-state index contributed by atoms with van der Waals surface area (Å²) in [6.45, 7) is 3.81. The summed E-state index contributed by atoms with van der Waals surface area (Å²) in [6, 6.07) is 11.0. The number of carbonyl (C=O) groups is 1. The minimum Gasteiger partial charge on any atom is -0.494 e. The number of hydrogen-bond donors (Lipinski definition) is 0. The third kappa shape index (κ3) is 3.92. The van der Waals surface area contributed by atoms with Crippen LogP contribution in [0.15, 0.2) is 48.8 Å². The molecular weight excluding hydrogens is 304 g/mol. The van der Waals surface area contributed by atoms with Gasteiger partial charge in [-0.3, -0.25) is 9.78 Å². The van der Waals surface area contributed by atoms with Crippen LogP contribution in [-0.2, 0) is 4.74 Å². The lowest BCUT2D eigenvalue weighted by Gasteiger charge is -2.25. The van der Waals surface area contributed by atoms with E-state index >= 15 is 0 Å². The molecule has 0 aliphatic carbocycles. The number of hydrogen-bond acceptors (Lipinski definition) is 4. The largest absolute Gasteiger partial charge is 0.494 e. The van der Waals surface area contributed by atoms with Crippen LogP contribution in [0.4, 0.5) is 5.69 Å². The molecule has 126 valence electrons. The summed E-state index contributed by atoms with van der Waals surface area (Å²) in [4.78, 5) is 18.9. The van der Waals surface area contributed by atoms with Crippen molar-refractivity contribution in [2.75, 3.05) is 24.7 Å². The first-order chi connectivity index (χ1) is 11.8. The van der Waals surface area contributed by atoms with E-state index in [2.05, 4.69) is 4.98 Å². The van der Waals surface area contributed by atoms with Crippen LogP contribution < -0.4 is 9.64 Å². The number of ether oxygens (including phenoxy) is 2. The number of rotatable bonds is 6. The summed E-state index contributed by atoms with van der Waals surface area (Å²) in [5.74, 6) is 0.647. The number of aromatic nitrogens is 1. The lowest BCUT2D eigenvalue weighted by Crippen LogP contribution is -2.37. The minimum absolute atomic E-state index is 0.0572. The minimum atomic E-state index is -0.0572. The molecular formula is C19H22N2O3. The molecule has 0 saturated carbocycles. The topological polar surface area (TPSA) is 51.7 Å². The Morgan fingerprint density at radius 1 is 1.33 bits per heavy atom. The lowest BCUT2D eigenvalue weighted by molar-refractivity contribution is 0.0917. The van der Waals surface area contributed by atoms with E-state index in [4.69, 9.17) is 9.47 Å². The van der Waals surface area contributed by atoms with E-state index in [1.807, 2.05) is 37.3 Å². The fourth-order valence-corrected chi connectivity index (χ4v) is 2.86. The van der Waals surface area contributed by atoms with E-state index in [0.29, 0.717) is 24.5 Å². The molecule has 0 radical (unpaired) electrons. The fraction of sp³-hybridized carbons (Fsp3) is 0.368. The second kappa shape index (κ2) is 7.93. The van der Waals surface area contributed by atoms with Crippen molar-refractivity contribution in [1.82, 2.24) is 4.98 Å². The average Bonchev–Trinajstić information content (AvgIpc) is 3.14. The first-order valence-electron chi connectivity index (χ1n) is 8.34. The molecule has 1 amide bonds. The van der Waals surface area contributed by atoms with Crippen LogP contribution in [0.3, 0.4) is 0 Å². The molecule has 2 aromatic rings. The van der Waals surface area contributed by atoms with Gasteiger partial charge in [0.15, 0.2) is 0 Å². The number of anilines is 1. The number of carbonyl (C=O) groups excluding carboxylic acids is 1. The smallest absolute Gasteiger partial charge is 0.258 e. The Kier molecular flexibility index (Phi) is 5.43. The first kappa shape index (κ1) is 16.5. The van der Waals surface area contributed by atoms with Crippen molar-refractivity contribution in [2.45, 2.75) is 25.9 Å². The van der Waals surface area contributed by atoms with Gasteiger partial charge in [0.2, 0.25) is 0 Å². The highest BCUT2D eigenvalue weighted by Crippen LogP contribution is 2.22. The SMILES string of the molecule is CCOc1cccc(C(=O)N(C[C@H]2CCCO2)c2ccncc2)c1. The summed E-state index contributed by atoms with van der Waals surface area (Å²) in [6.07, 6.45) is 5.50. The fourth-order valence-electron chi connectivity index (χ4n) is 2.86. The highest BCUT2D eigenvalue weighted by Gasteiger charge is 2.25. The van der Waals surface area contributed by atoms with Gasteiger partial charge in [-0.15, -0.1) is 0 Å². The molecule has 3 rings (SSSR count). The molecule has 1 aromatic carbocycles. The second-order valence-electron chi connectivity index (χ2n) is 5.72. The quantitative estimate of drug-likeness (QED) is 0.817. The van der Waals surface area contributed by atoms with E-state index in [1.165, 1.54) is 0 Å². The van der Waals surface area contributed by atoms with Crippen LogP contribution in [0.25, 0.3) is 0 Å². The van der Waals surface area contributed by atoms with Gasteiger partial charge in [0, 0.05) is 30.3 Å². The van der Waals surface area contributed by atoms with Crippen LogP contribution in [-0.4, -0.2) is 36.8 Å². The van der Waals surface area contributed by atoms with Gasteiger partial charge in [-0.1, -0.05) is 6.07 Å². The van der Waals surface area contributed by atoms with Crippen molar-refractivity contribution < 1.29 is 14.3 Å². The van der Waals surface area contributed by atoms with Gasteiger partial charge in [-0.05, 0) is 50.1 Å². The maximum absolute atomic E-state index is 13.1. The Labute approximate surface area is 142 Å². The molecule has 24 heavy (non-hydrogen) atoms. The maximum atomic E-state index is 13.1. The van der Waals surface area contributed by atoms with Gasteiger partial charge in [0.05, 0.1) is 19.3 Å². The number of nitrogens with zero attached hydrogens (tertiary/aromatic N) is 2. The predicted molar refractivity (Wildman–Crippen MR) is 92.5 cm³/mol. The van der Waals surface area contributed by atoms with Crippen molar-refractivity contribution in [2.24, 2.45) is 0 Å².